The molecule has 0 N–H and O–H groups in total. The fourth-order valence-corrected chi connectivity index (χ4v) is 2.74. The molecular formula is C13H11ClS. The van der Waals surface area contributed by atoms with Crippen molar-refractivity contribution in [1.29, 1.82) is 0 Å². The lowest BCUT2D eigenvalue weighted by Gasteiger charge is -2.03. The zero-order chi connectivity index (χ0) is 10.7. The largest absolute Gasteiger partial charge is 0.0900 e. The molecule has 2 rings (SSSR count). The van der Waals surface area contributed by atoms with Gasteiger partial charge >= 0.3 is 0 Å². The highest BCUT2D eigenvalue weighted by Gasteiger charge is 1.99. The molecule has 0 aromatic heterocycles. The average molecular weight is 235 g/mol. The van der Waals surface area contributed by atoms with Crippen LogP contribution in [0.1, 0.15) is 5.56 Å². The summed E-state index contributed by atoms with van der Waals surface area (Å²) in [6.45, 7) is 2.06. The number of aryl methyl sites for hydroxylation is 1. The van der Waals surface area contributed by atoms with Crippen molar-refractivity contribution in [1.82, 2.24) is 0 Å². The summed E-state index contributed by atoms with van der Waals surface area (Å²) < 4.78 is 0. The van der Waals surface area contributed by atoms with E-state index in [-0.39, 0.29) is 0 Å². The minimum atomic E-state index is 0.799. The van der Waals surface area contributed by atoms with E-state index in [4.69, 9.17) is 11.6 Å². The first-order valence-corrected chi connectivity index (χ1v) is 5.93. The van der Waals surface area contributed by atoms with Gasteiger partial charge in [-0.25, -0.2) is 0 Å². The molecular weight excluding hydrogens is 224 g/mol. The molecule has 0 spiro atoms. The first-order valence-electron chi connectivity index (χ1n) is 4.74. The van der Waals surface area contributed by atoms with Crippen molar-refractivity contribution in [2.75, 3.05) is 0 Å². The van der Waals surface area contributed by atoms with Crippen molar-refractivity contribution < 1.29 is 0 Å². The summed E-state index contributed by atoms with van der Waals surface area (Å²) in [6, 6.07) is 16.4. The topological polar surface area (TPSA) is 0 Å². The fraction of sp³-hybridized carbons (Fsp3) is 0.0769. The van der Waals surface area contributed by atoms with Crippen molar-refractivity contribution >= 4 is 23.4 Å². The van der Waals surface area contributed by atoms with Crippen LogP contribution in [0.3, 0.4) is 0 Å². The molecule has 0 aliphatic rings. The summed E-state index contributed by atoms with van der Waals surface area (Å²) in [6.07, 6.45) is 0. The molecule has 2 heteroatoms. The van der Waals surface area contributed by atoms with Gasteiger partial charge in [-0.3, -0.25) is 0 Å². The molecule has 0 unspecified atom stereocenters. The normalized spacial score (nSPS) is 10.3. The average Bonchev–Trinajstić information content (AvgIpc) is 2.17. The number of rotatable bonds is 2. The van der Waals surface area contributed by atoms with Gasteiger partial charge in [-0.05, 0) is 42.8 Å². The molecule has 76 valence electrons. The van der Waals surface area contributed by atoms with Gasteiger partial charge in [-0.15, -0.1) is 0 Å². The van der Waals surface area contributed by atoms with E-state index < -0.39 is 0 Å². The van der Waals surface area contributed by atoms with Crippen LogP contribution in [0.5, 0.6) is 0 Å². The predicted molar refractivity (Wildman–Crippen MR) is 66.8 cm³/mol. The van der Waals surface area contributed by atoms with E-state index in [0.717, 1.165) is 5.02 Å². The van der Waals surface area contributed by atoms with Gasteiger partial charge in [0.1, 0.15) is 0 Å². The Balaban J connectivity index is 2.25. The van der Waals surface area contributed by atoms with Crippen LogP contribution < -0.4 is 0 Å². The molecule has 0 radical (unpaired) electrons. The predicted octanol–water partition coefficient (Wildman–Crippen LogP) is 4.80. The highest BCUT2D eigenvalue weighted by Crippen LogP contribution is 2.30. The lowest BCUT2D eigenvalue weighted by Crippen LogP contribution is -1.77. The standard InChI is InChI=1S/C13H11ClS/c1-10-7-11(14)9-13(8-10)15-12-5-3-2-4-6-12/h2-9H,1H3. The van der Waals surface area contributed by atoms with E-state index in [2.05, 4.69) is 25.1 Å². The maximum atomic E-state index is 6.00. The van der Waals surface area contributed by atoms with Gasteiger partial charge < -0.3 is 0 Å². The van der Waals surface area contributed by atoms with Crippen LogP contribution in [0.2, 0.25) is 5.02 Å². The minimum absolute atomic E-state index is 0.799. The first-order chi connectivity index (χ1) is 7.24. The van der Waals surface area contributed by atoms with Crippen molar-refractivity contribution in [3.8, 4) is 0 Å². The Kier molecular flexibility index (Phi) is 3.34. The maximum Gasteiger partial charge on any atom is 0.0419 e. The Labute approximate surface area is 99.3 Å². The summed E-state index contributed by atoms with van der Waals surface area (Å²) in [5.74, 6) is 0. The summed E-state index contributed by atoms with van der Waals surface area (Å²) >= 11 is 7.73. The highest BCUT2D eigenvalue weighted by molar-refractivity contribution is 7.99. The Hall–Kier alpha value is -0.920. The number of benzene rings is 2. The second kappa shape index (κ2) is 4.73. The van der Waals surface area contributed by atoms with Crippen molar-refractivity contribution in [2.24, 2.45) is 0 Å². The number of hydrogen-bond donors (Lipinski definition) is 0. The third-order valence-electron chi connectivity index (χ3n) is 1.99. The molecule has 0 heterocycles. The Morgan fingerprint density at radius 3 is 2.33 bits per heavy atom. The van der Waals surface area contributed by atoms with E-state index in [0.29, 0.717) is 0 Å². The molecule has 0 amide bonds. The van der Waals surface area contributed by atoms with E-state index in [9.17, 15) is 0 Å². The van der Waals surface area contributed by atoms with E-state index in [1.807, 2.05) is 30.3 Å². The second-order valence-corrected chi connectivity index (χ2v) is 4.96. The van der Waals surface area contributed by atoms with E-state index >= 15 is 0 Å². The van der Waals surface area contributed by atoms with Crippen LogP contribution in [-0.2, 0) is 0 Å². The van der Waals surface area contributed by atoms with Crippen LogP contribution in [0.15, 0.2) is 58.3 Å². The molecule has 0 saturated heterocycles. The number of hydrogen-bond acceptors (Lipinski definition) is 1. The van der Waals surface area contributed by atoms with Crippen LogP contribution in [0.4, 0.5) is 0 Å². The smallest absolute Gasteiger partial charge is 0.0419 e. The van der Waals surface area contributed by atoms with Crippen molar-refractivity contribution in [3.05, 3.63) is 59.1 Å². The van der Waals surface area contributed by atoms with Gasteiger partial charge in [-0.2, -0.15) is 0 Å². The number of halogens is 1. The molecule has 15 heavy (non-hydrogen) atoms. The van der Waals surface area contributed by atoms with Gasteiger partial charge in [0.2, 0.25) is 0 Å². The Morgan fingerprint density at radius 2 is 1.67 bits per heavy atom. The highest BCUT2D eigenvalue weighted by atomic mass is 35.5. The molecule has 0 aliphatic carbocycles. The zero-order valence-corrected chi connectivity index (χ0v) is 9.98. The zero-order valence-electron chi connectivity index (χ0n) is 8.41. The lowest BCUT2D eigenvalue weighted by atomic mass is 10.2. The third-order valence-corrected chi connectivity index (χ3v) is 3.19. The van der Waals surface area contributed by atoms with Crippen LogP contribution in [0, 0.1) is 6.92 Å². The van der Waals surface area contributed by atoms with Gasteiger partial charge in [0.15, 0.2) is 0 Å². The Bertz CT molecular complexity index is 431. The van der Waals surface area contributed by atoms with E-state index in [1.165, 1.54) is 15.4 Å². The maximum absolute atomic E-state index is 6.00. The molecule has 2 aromatic carbocycles. The van der Waals surface area contributed by atoms with Crippen LogP contribution in [-0.4, -0.2) is 0 Å². The van der Waals surface area contributed by atoms with Crippen LogP contribution >= 0.6 is 23.4 Å². The quantitative estimate of drug-likeness (QED) is 0.719. The van der Waals surface area contributed by atoms with Crippen molar-refractivity contribution in [2.45, 2.75) is 16.7 Å². The SMILES string of the molecule is Cc1cc(Cl)cc(Sc2ccccc2)c1. The molecule has 0 bridgehead atoms. The molecule has 2 aromatic rings. The van der Waals surface area contributed by atoms with Crippen LogP contribution in [0.25, 0.3) is 0 Å². The van der Waals surface area contributed by atoms with Gasteiger partial charge in [0, 0.05) is 14.8 Å². The van der Waals surface area contributed by atoms with Gasteiger partial charge in [-0.1, -0.05) is 41.6 Å². The molecule has 0 fully saturated rings. The molecule has 0 nitrogen and oxygen atoms in total. The summed E-state index contributed by atoms with van der Waals surface area (Å²) in [7, 11) is 0. The second-order valence-electron chi connectivity index (χ2n) is 3.38. The monoisotopic (exact) mass is 234 g/mol. The van der Waals surface area contributed by atoms with E-state index in [1.54, 1.807) is 11.8 Å². The first kappa shape index (κ1) is 10.6. The third kappa shape index (κ3) is 3.01. The van der Waals surface area contributed by atoms with Crippen molar-refractivity contribution in [3.63, 3.8) is 0 Å². The lowest BCUT2D eigenvalue weighted by molar-refractivity contribution is 1.35. The van der Waals surface area contributed by atoms with Gasteiger partial charge in [0.05, 0.1) is 0 Å². The minimum Gasteiger partial charge on any atom is -0.0900 e. The summed E-state index contributed by atoms with van der Waals surface area (Å²) in [5.41, 5.74) is 1.20. The summed E-state index contributed by atoms with van der Waals surface area (Å²) in [5, 5.41) is 0.799. The Morgan fingerprint density at radius 1 is 0.933 bits per heavy atom. The fourth-order valence-electron chi connectivity index (χ4n) is 1.39. The molecule has 0 aliphatic heterocycles. The molecule has 0 atom stereocenters. The molecule has 0 saturated carbocycles. The van der Waals surface area contributed by atoms with Gasteiger partial charge in [0.25, 0.3) is 0 Å². The summed E-state index contributed by atoms with van der Waals surface area (Å²) in [4.78, 5) is 2.42.